The lowest BCUT2D eigenvalue weighted by Gasteiger charge is -2.24. The molecule has 0 bridgehead atoms. The molecule has 0 aromatic heterocycles. The second-order valence-corrected chi connectivity index (χ2v) is 5.14. The molecule has 0 unspecified atom stereocenters. The van der Waals surface area contributed by atoms with Gasteiger partial charge in [-0.1, -0.05) is 42.0 Å². The Labute approximate surface area is 122 Å². The maximum Gasteiger partial charge on any atom is 0.262 e. The van der Waals surface area contributed by atoms with Crippen molar-refractivity contribution in [3.05, 3.63) is 70.8 Å². The van der Waals surface area contributed by atoms with Gasteiger partial charge in [-0.2, -0.15) is 0 Å². The lowest BCUT2D eigenvalue weighted by molar-refractivity contribution is 0.0514. The van der Waals surface area contributed by atoms with Crippen LogP contribution in [-0.4, -0.2) is 28.4 Å². The van der Waals surface area contributed by atoms with Crippen LogP contribution in [0.15, 0.2) is 48.5 Å². The molecule has 1 heterocycles. The minimum atomic E-state index is -0.654. The van der Waals surface area contributed by atoms with Crippen LogP contribution in [0.3, 0.4) is 0 Å². The summed E-state index contributed by atoms with van der Waals surface area (Å²) in [4.78, 5) is 26.2. The first-order valence-electron chi connectivity index (χ1n) is 6.78. The summed E-state index contributed by atoms with van der Waals surface area (Å²) in [5, 5.41) is 9.66. The lowest BCUT2D eigenvalue weighted by Crippen LogP contribution is -2.36. The Bertz CT molecular complexity index is 709. The fraction of sp³-hybridized carbons (Fsp3) is 0.176. The summed E-state index contributed by atoms with van der Waals surface area (Å²) in [6.45, 7) is 1.58. The molecule has 0 saturated carbocycles. The van der Waals surface area contributed by atoms with E-state index in [0.717, 1.165) is 16.0 Å². The van der Waals surface area contributed by atoms with Crippen LogP contribution in [0.5, 0.6) is 0 Å². The second kappa shape index (κ2) is 5.14. The van der Waals surface area contributed by atoms with Crippen LogP contribution in [0.2, 0.25) is 0 Å². The summed E-state index contributed by atoms with van der Waals surface area (Å²) < 4.78 is 0. The molecule has 1 aliphatic rings. The molecule has 1 N–H and O–H groups in total. The molecule has 2 amide bonds. The molecule has 2 aromatic carbocycles. The van der Waals surface area contributed by atoms with Gasteiger partial charge in [0.15, 0.2) is 0 Å². The van der Waals surface area contributed by atoms with Crippen molar-refractivity contribution in [3.8, 4) is 0 Å². The van der Waals surface area contributed by atoms with Gasteiger partial charge in [0.05, 0.1) is 23.8 Å². The molecule has 0 fully saturated rings. The number of hydrogen-bond donors (Lipinski definition) is 1. The molecule has 4 heteroatoms. The third-order valence-corrected chi connectivity index (χ3v) is 3.74. The number of fused-ring (bicyclic) bond motifs is 1. The van der Waals surface area contributed by atoms with Crippen LogP contribution in [0.25, 0.3) is 0 Å². The number of carbonyl (C=O) groups excluding carboxylic acids is 2. The number of aliphatic hydroxyl groups excluding tert-OH is 1. The monoisotopic (exact) mass is 281 g/mol. The van der Waals surface area contributed by atoms with E-state index < -0.39 is 6.04 Å². The fourth-order valence-corrected chi connectivity index (χ4v) is 2.67. The smallest absolute Gasteiger partial charge is 0.262 e. The van der Waals surface area contributed by atoms with Crippen LogP contribution >= 0.6 is 0 Å². The predicted molar refractivity (Wildman–Crippen MR) is 77.9 cm³/mol. The standard InChI is InChI=1S/C17H15NO3/c1-11-7-8-13-14(9-11)17(21)18(16(13)20)15(10-19)12-5-3-2-4-6-12/h2-9,15,19H,10H2,1H3/t15-/m0/s1. The summed E-state index contributed by atoms with van der Waals surface area (Å²) in [6, 6.07) is 13.6. The first kappa shape index (κ1) is 13.5. The van der Waals surface area contributed by atoms with Crippen LogP contribution in [-0.2, 0) is 0 Å². The number of aliphatic hydroxyl groups is 1. The van der Waals surface area contributed by atoms with Crippen molar-refractivity contribution in [3.63, 3.8) is 0 Å². The maximum absolute atomic E-state index is 12.5. The zero-order chi connectivity index (χ0) is 15.0. The van der Waals surface area contributed by atoms with Gasteiger partial charge in [0.2, 0.25) is 0 Å². The number of carbonyl (C=O) groups is 2. The molecule has 21 heavy (non-hydrogen) atoms. The van der Waals surface area contributed by atoms with E-state index in [2.05, 4.69) is 0 Å². The van der Waals surface area contributed by atoms with Crippen molar-refractivity contribution in [1.82, 2.24) is 4.90 Å². The van der Waals surface area contributed by atoms with Crippen molar-refractivity contribution < 1.29 is 14.7 Å². The largest absolute Gasteiger partial charge is 0.394 e. The average Bonchev–Trinajstić information content (AvgIpc) is 2.74. The first-order valence-corrected chi connectivity index (χ1v) is 6.78. The second-order valence-electron chi connectivity index (χ2n) is 5.14. The molecule has 0 spiro atoms. The summed E-state index contributed by atoms with van der Waals surface area (Å²) in [7, 11) is 0. The molecular formula is C17H15NO3. The molecule has 106 valence electrons. The van der Waals surface area contributed by atoms with Gasteiger partial charge < -0.3 is 5.11 Å². The van der Waals surface area contributed by atoms with E-state index in [1.807, 2.05) is 31.2 Å². The fourth-order valence-electron chi connectivity index (χ4n) is 2.67. The topological polar surface area (TPSA) is 57.6 Å². The third kappa shape index (κ3) is 2.14. The van der Waals surface area contributed by atoms with Gasteiger partial charge in [0.25, 0.3) is 11.8 Å². The van der Waals surface area contributed by atoms with E-state index in [1.54, 1.807) is 24.3 Å². The summed E-state index contributed by atoms with van der Waals surface area (Å²) in [5.74, 6) is -0.695. The summed E-state index contributed by atoms with van der Waals surface area (Å²) in [6.07, 6.45) is 0. The molecule has 3 rings (SSSR count). The van der Waals surface area contributed by atoms with Crippen LogP contribution < -0.4 is 0 Å². The Kier molecular flexibility index (Phi) is 3.31. The van der Waals surface area contributed by atoms with Gasteiger partial charge in [0, 0.05) is 0 Å². The summed E-state index contributed by atoms with van der Waals surface area (Å²) in [5.41, 5.74) is 2.48. The number of imide groups is 1. The Morgan fingerprint density at radius 1 is 1.00 bits per heavy atom. The molecule has 1 aliphatic heterocycles. The zero-order valence-electron chi connectivity index (χ0n) is 11.6. The number of benzene rings is 2. The third-order valence-electron chi connectivity index (χ3n) is 3.74. The minimum absolute atomic E-state index is 0.297. The van der Waals surface area contributed by atoms with E-state index in [0.29, 0.717) is 11.1 Å². The van der Waals surface area contributed by atoms with Gasteiger partial charge in [-0.15, -0.1) is 0 Å². The van der Waals surface area contributed by atoms with E-state index in [-0.39, 0.29) is 18.4 Å². The number of aryl methyl sites for hydroxylation is 1. The summed E-state index contributed by atoms with van der Waals surface area (Å²) >= 11 is 0. The molecule has 2 aromatic rings. The Morgan fingerprint density at radius 3 is 2.33 bits per heavy atom. The quantitative estimate of drug-likeness (QED) is 0.878. The maximum atomic E-state index is 12.5. The van der Waals surface area contributed by atoms with Crippen LogP contribution in [0, 0.1) is 6.92 Å². The minimum Gasteiger partial charge on any atom is -0.394 e. The molecule has 0 aliphatic carbocycles. The van der Waals surface area contributed by atoms with Crippen molar-refractivity contribution in [2.24, 2.45) is 0 Å². The highest BCUT2D eigenvalue weighted by Gasteiger charge is 2.40. The van der Waals surface area contributed by atoms with E-state index in [1.165, 1.54) is 0 Å². The Morgan fingerprint density at radius 2 is 1.67 bits per heavy atom. The van der Waals surface area contributed by atoms with E-state index in [4.69, 9.17) is 0 Å². The first-order chi connectivity index (χ1) is 10.1. The van der Waals surface area contributed by atoms with Crippen LogP contribution in [0.4, 0.5) is 0 Å². The number of hydrogen-bond acceptors (Lipinski definition) is 3. The zero-order valence-corrected chi connectivity index (χ0v) is 11.6. The van der Waals surface area contributed by atoms with Crippen molar-refractivity contribution >= 4 is 11.8 Å². The number of amides is 2. The Hall–Kier alpha value is -2.46. The van der Waals surface area contributed by atoms with Gasteiger partial charge in [-0.25, -0.2) is 0 Å². The number of rotatable bonds is 3. The van der Waals surface area contributed by atoms with E-state index >= 15 is 0 Å². The highest BCUT2D eigenvalue weighted by atomic mass is 16.3. The highest BCUT2D eigenvalue weighted by Crippen LogP contribution is 2.31. The van der Waals surface area contributed by atoms with Crippen LogP contribution in [0.1, 0.15) is 37.9 Å². The van der Waals surface area contributed by atoms with Gasteiger partial charge in [0.1, 0.15) is 0 Å². The molecule has 0 radical (unpaired) electrons. The van der Waals surface area contributed by atoms with E-state index in [9.17, 15) is 14.7 Å². The van der Waals surface area contributed by atoms with Gasteiger partial charge in [-0.05, 0) is 24.6 Å². The lowest BCUT2D eigenvalue weighted by atomic mass is 10.1. The van der Waals surface area contributed by atoms with Gasteiger partial charge in [-0.3, -0.25) is 14.5 Å². The predicted octanol–water partition coefficient (Wildman–Crippen LogP) is 2.32. The number of nitrogens with zero attached hydrogens (tertiary/aromatic N) is 1. The molecular weight excluding hydrogens is 266 g/mol. The van der Waals surface area contributed by atoms with Crippen molar-refractivity contribution in [2.75, 3.05) is 6.61 Å². The molecule has 0 saturated heterocycles. The SMILES string of the molecule is Cc1ccc2c(c1)C(=O)N([C@@H](CO)c1ccccc1)C2=O. The Balaban J connectivity index is 2.04. The average molecular weight is 281 g/mol. The molecule has 1 atom stereocenters. The molecule has 4 nitrogen and oxygen atoms in total. The normalized spacial score (nSPS) is 15.2. The highest BCUT2D eigenvalue weighted by molar-refractivity contribution is 6.21. The van der Waals surface area contributed by atoms with Crippen molar-refractivity contribution in [1.29, 1.82) is 0 Å². The van der Waals surface area contributed by atoms with Gasteiger partial charge >= 0.3 is 0 Å². The van der Waals surface area contributed by atoms with Crippen molar-refractivity contribution in [2.45, 2.75) is 13.0 Å².